The summed E-state index contributed by atoms with van der Waals surface area (Å²) in [4.78, 5) is 10.5. The molecule has 0 rings (SSSR count). The maximum atomic E-state index is 10.5. The van der Waals surface area contributed by atoms with Crippen LogP contribution in [0.25, 0.3) is 0 Å². The molecule has 0 spiro atoms. The van der Waals surface area contributed by atoms with Gasteiger partial charge in [0.2, 0.25) is 0 Å². The van der Waals surface area contributed by atoms with Gasteiger partial charge in [0.05, 0.1) is 0 Å². The second kappa shape index (κ2) is 4.67. The first kappa shape index (κ1) is 11.7. The van der Waals surface area contributed by atoms with E-state index in [2.05, 4.69) is 4.43 Å². The van der Waals surface area contributed by atoms with Gasteiger partial charge >= 0.3 is 82.0 Å². The van der Waals surface area contributed by atoms with Crippen LogP contribution in [-0.2, 0) is 27.9 Å². The molecule has 1 atom stereocenters. The molecule has 0 radical (unpaired) electrons. The van der Waals surface area contributed by atoms with E-state index in [-0.39, 0.29) is 4.75 Å². The molecule has 5 heteroatoms. The Bertz CT molecular complexity index is 152. The van der Waals surface area contributed by atoms with Crippen LogP contribution in [0.4, 0.5) is 0 Å². The van der Waals surface area contributed by atoms with Gasteiger partial charge in [-0.05, 0) is 0 Å². The van der Waals surface area contributed by atoms with Crippen molar-refractivity contribution < 1.29 is 33.0 Å². The Morgan fingerprint density at radius 3 is 2.45 bits per heavy atom. The van der Waals surface area contributed by atoms with E-state index in [9.17, 15) is 4.79 Å². The van der Waals surface area contributed by atoms with Crippen molar-refractivity contribution in [1.29, 1.82) is 0 Å². The van der Waals surface area contributed by atoms with Gasteiger partial charge in [0.25, 0.3) is 0 Å². The van der Waals surface area contributed by atoms with E-state index in [0.29, 0.717) is 0 Å². The summed E-state index contributed by atoms with van der Waals surface area (Å²) in [6.07, 6.45) is 0. The van der Waals surface area contributed by atoms with E-state index in [1.165, 1.54) is 0 Å². The van der Waals surface area contributed by atoms with E-state index in [4.69, 9.17) is 10.8 Å². The first-order valence-corrected chi connectivity index (χ1v) is 16.8. The monoisotopic (exact) mass is 365 g/mol. The Kier molecular flexibility index (Phi) is 4.97. The summed E-state index contributed by atoms with van der Waals surface area (Å²) in [7, 11) is 1.79. The van der Waals surface area contributed by atoms with E-state index in [1.54, 1.807) is 8.24 Å². The summed E-state index contributed by atoms with van der Waals surface area (Å²) in [5, 5.41) is 8.63. The van der Waals surface area contributed by atoms with Gasteiger partial charge in [-0.2, -0.15) is 0 Å². The van der Waals surface area contributed by atoms with Crippen LogP contribution in [-0.4, -0.2) is 21.9 Å². The van der Waals surface area contributed by atoms with Crippen LogP contribution in [0.5, 0.6) is 0 Å². The molecule has 1 unspecified atom stereocenters. The topological polar surface area (TPSA) is 63.3 Å². The van der Waals surface area contributed by atoms with Gasteiger partial charge in [0.1, 0.15) is 0 Å². The predicted octanol–water partition coefficient (Wildman–Crippen LogP) is 0.956. The zero-order valence-electron chi connectivity index (χ0n) is 7.13. The molecule has 3 nitrogen and oxygen atoms in total. The predicted molar refractivity (Wildman–Crippen MR) is 43.1 cm³/mol. The normalized spacial score (nSPS) is 13.8. The van der Waals surface area contributed by atoms with E-state index < -0.39 is 35.1 Å². The molecule has 0 bridgehead atoms. The third-order valence-corrected chi connectivity index (χ3v) is 14.9. The zero-order valence-corrected chi connectivity index (χ0v) is 13.4. The van der Waals surface area contributed by atoms with Crippen LogP contribution in [0.15, 0.2) is 0 Å². The van der Waals surface area contributed by atoms with Gasteiger partial charge in [0, 0.05) is 0 Å². The summed E-state index contributed by atoms with van der Waals surface area (Å²) < 4.78 is 1.93. The zero-order chi connectivity index (χ0) is 9.07. The minimum atomic E-state index is -0.899. The van der Waals surface area contributed by atoms with Gasteiger partial charge < -0.3 is 0 Å². The fourth-order valence-electron chi connectivity index (χ4n) is 0.759. The number of nitrogens with two attached hydrogens (primary N) is 1. The third-order valence-electron chi connectivity index (χ3n) is 1.53. The number of carbonyl (C=O) groups is 1. The molecule has 0 aromatic heterocycles. The molecule has 11 heavy (non-hydrogen) atoms. The molecule has 0 aliphatic heterocycles. The Morgan fingerprint density at radius 2 is 2.18 bits per heavy atom. The van der Waals surface area contributed by atoms with Crippen LogP contribution in [0.1, 0.15) is 13.8 Å². The maximum absolute atomic E-state index is 10.5. The molecular formula is C6H13HgNO2S. The Morgan fingerprint density at radius 1 is 1.73 bits per heavy atom. The summed E-state index contributed by atoms with van der Waals surface area (Å²) >= 11 is -0.836. The van der Waals surface area contributed by atoms with Crippen molar-refractivity contribution in [2.24, 2.45) is 5.73 Å². The van der Waals surface area contributed by atoms with Crippen molar-refractivity contribution in [1.82, 2.24) is 0 Å². The van der Waals surface area contributed by atoms with Crippen LogP contribution < -0.4 is 5.73 Å². The number of carboxylic acid groups (broad SMARTS) is 1. The average molecular weight is 364 g/mol. The van der Waals surface area contributed by atoms with Crippen LogP contribution in [0, 0.1) is 0 Å². The molecule has 0 aliphatic carbocycles. The first-order valence-electron chi connectivity index (χ1n) is 3.54. The third kappa shape index (κ3) is 3.76. The average Bonchev–Trinajstić information content (AvgIpc) is 1.86. The molecule has 3 N–H and O–H groups in total. The summed E-state index contributed by atoms with van der Waals surface area (Å²) in [6.45, 7) is 3.81. The van der Waals surface area contributed by atoms with Crippen molar-refractivity contribution >= 4 is 14.2 Å². The van der Waals surface area contributed by atoms with E-state index in [0.717, 1.165) is 0 Å². The molecule has 0 saturated carbocycles. The van der Waals surface area contributed by atoms with E-state index in [1.807, 2.05) is 13.8 Å². The number of carboxylic acids is 1. The van der Waals surface area contributed by atoms with Crippen LogP contribution in [0.3, 0.4) is 0 Å². The van der Waals surface area contributed by atoms with Crippen LogP contribution >= 0.6 is 8.24 Å². The number of aliphatic carboxylic acids is 1. The van der Waals surface area contributed by atoms with Gasteiger partial charge in [-0.3, -0.25) is 0 Å². The van der Waals surface area contributed by atoms with Crippen molar-refractivity contribution in [3.63, 3.8) is 0 Å². The van der Waals surface area contributed by atoms with Crippen molar-refractivity contribution in [2.45, 2.75) is 29.1 Å². The Labute approximate surface area is 81.7 Å². The molecular weight excluding hydrogens is 351 g/mol. The number of hydrogen-bond donors (Lipinski definition) is 2. The van der Waals surface area contributed by atoms with E-state index >= 15 is 0 Å². The molecule has 0 aromatic carbocycles. The SMILES string of the molecule is [CH3][Hg][S]C(C)(C)C(N)C(=O)O. The molecule has 0 aromatic rings. The van der Waals surface area contributed by atoms with Crippen molar-refractivity contribution in [3.8, 4) is 0 Å². The Balaban J connectivity index is 4.16. The molecule has 0 fully saturated rings. The molecule has 0 aliphatic rings. The quantitative estimate of drug-likeness (QED) is 0.730. The minimum absolute atomic E-state index is 0.276. The Hall–Kier alpha value is 0.715. The molecule has 62 valence electrons. The number of hydrogen-bond acceptors (Lipinski definition) is 3. The second-order valence-electron chi connectivity index (χ2n) is 2.85. The summed E-state index contributed by atoms with van der Waals surface area (Å²) in [5.41, 5.74) is 5.50. The fourth-order valence-corrected chi connectivity index (χ4v) is 12.6. The van der Waals surface area contributed by atoms with Crippen molar-refractivity contribution in [2.75, 3.05) is 0 Å². The molecule has 0 saturated heterocycles. The number of rotatable bonds is 4. The summed E-state index contributed by atoms with van der Waals surface area (Å²) in [5.74, 6) is -0.899. The standard InChI is InChI=1S/C5H11NO2S.CH3.Hg/c1-5(2,9)3(6)4(7)8;;/h3,9H,6H2,1-2H3,(H,7,8);1H3;/q;;+1/p-1. The fraction of sp³-hybridized carbons (Fsp3) is 0.833. The van der Waals surface area contributed by atoms with Gasteiger partial charge in [-0.25, -0.2) is 0 Å². The van der Waals surface area contributed by atoms with Gasteiger partial charge in [-0.1, -0.05) is 0 Å². The van der Waals surface area contributed by atoms with Crippen LogP contribution in [0.2, 0.25) is 4.43 Å². The first-order chi connectivity index (χ1) is 4.91. The molecule has 0 amide bonds. The van der Waals surface area contributed by atoms with Gasteiger partial charge in [0.15, 0.2) is 0 Å². The summed E-state index contributed by atoms with van der Waals surface area (Å²) in [6, 6.07) is -0.729. The van der Waals surface area contributed by atoms with Gasteiger partial charge in [-0.15, -0.1) is 0 Å². The second-order valence-corrected chi connectivity index (χ2v) is 14.9. The van der Waals surface area contributed by atoms with Crippen molar-refractivity contribution in [3.05, 3.63) is 0 Å². The molecule has 0 heterocycles.